The molecule has 0 saturated carbocycles. The van der Waals surface area contributed by atoms with E-state index in [1.54, 1.807) is 0 Å². The lowest BCUT2D eigenvalue weighted by atomic mass is 10.1. The summed E-state index contributed by atoms with van der Waals surface area (Å²) >= 11 is 0. The number of carbonyl (C=O) groups excluding carboxylic acids is 1. The van der Waals surface area contributed by atoms with Gasteiger partial charge in [0.25, 0.3) is 5.91 Å². The van der Waals surface area contributed by atoms with Crippen LogP contribution in [-0.2, 0) is 0 Å². The Labute approximate surface area is 115 Å². The lowest BCUT2D eigenvalue weighted by molar-refractivity contribution is -0.387. The van der Waals surface area contributed by atoms with Crippen molar-refractivity contribution in [2.24, 2.45) is 5.92 Å². The van der Waals surface area contributed by atoms with Crippen LogP contribution in [0.15, 0.2) is 18.2 Å². The number of nitrogens with one attached hydrogen (secondary N) is 1. The molecule has 1 aromatic carbocycles. The summed E-state index contributed by atoms with van der Waals surface area (Å²) in [6, 6.07) is 3.15. The van der Waals surface area contributed by atoms with E-state index in [-0.39, 0.29) is 5.56 Å². The van der Waals surface area contributed by atoms with Crippen LogP contribution in [0.25, 0.3) is 0 Å². The van der Waals surface area contributed by atoms with Crippen LogP contribution < -0.4 is 5.32 Å². The third kappa shape index (κ3) is 3.30. The largest absolute Gasteiger partial charge is 0.352 e. The van der Waals surface area contributed by atoms with E-state index in [1.807, 2.05) is 7.05 Å². The van der Waals surface area contributed by atoms with Crippen LogP contribution in [0.5, 0.6) is 0 Å². The molecule has 108 valence electrons. The average Bonchev–Trinajstić information content (AvgIpc) is 2.82. The molecule has 1 fully saturated rings. The van der Waals surface area contributed by atoms with Gasteiger partial charge >= 0.3 is 5.69 Å². The van der Waals surface area contributed by atoms with Crippen LogP contribution in [-0.4, -0.2) is 42.4 Å². The fraction of sp³-hybridized carbons (Fsp3) is 0.462. The Hall–Kier alpha value is -2.02. The van der Waals surface area contributed by atoms with Crippen molar-refractivity contribution in [3.05, 3.63) is 39.7 Å². The zero-order valence-electron chi connectivity index (χ0n) is 11.1. The lowest BCUT2D eigenvalue weighted by Gasteiger charge is -2.11. The predicted octanol–water partition coefficient (Wildman–Crippen LogP) is 1.42. The smallest absolute Gasteiger partial charge is 0.305 e. The second kappa shape index (κ2) is 5.96. The van der Waals surface area contributed by atoms with Crippen LogP contribution >= 0.6 is 0 Å². The quantitative estimate of drug-likeness (QED) is 0.669. The molecule has 1 atom stereocenters. The molecule has 7 heteroatoms. The lowest BCUT2D eigenvalue weighted by Crippen LogP contribution is -2.30. The van der Waals surface area contributed by atoms with Gasteiger partial charge in [-0.2, -0.15) is 4.39 Å². The first kappa shape index (κ1) is 14.4. The number of nitrogens with zero attached hydrogens (tertiary/aromatic N) is 2. The van der Waals surface area contributed by atoms with Crippen molar-refractivity contribution in [3.63, 3.8) is 0 Å². The maximum Gasteiger partial charge on any atom is 0.305 e. The van der Waals surface area contributed by atoms with Gasteiger partial charge in [0.1, 0.15) is 0 Å². The van der Waals surface area contributed by atoms with Gasteiger partial charge in [0, 0.05) is 24.7 Å². The Balaban J connectivity index is 1.99. The van der Waals surface area contributed by atoms with Gasteiger partial charge in [-0.25, -0.2) is 0 Å². The summed E-state index contributed by atoms with van der Waals surface area (Å²) in [5, 5.41) is 13.4. The van der Waals surface area contributed by atoms with Crippen molar-refractivity contribution >= 4 is 11.6 Å². The van der Waals surface area contributed by atoms with E-state index >= 15 is 0 Å². The highest BCUT2D eigenvalue weighted by molar-refractivity contribution is 5.94. The second-order valence-electron chi connectivity index (χ2n) is 5.05. The minimum absolute atomic E-state index is 0.101. The van der Waals surface area contributed by atoms with Crippen LogP contribution in [0, 0.1) is 21.8 Å². The number of rotatable bonds is 4. The highest BCUT2D eigenvalue weighted by Crippen LogP contribution is 2.19. The van der Waals surface area contributed by atoms with Crippen molar-refractivity contribution in [3.8, 4) is 0 Å². The van der Waals surface area contributed by atoms with Crippen molar-refractivity contribution in [2.75, 3.05) is 26.7 Å². The summed E-state index contributed by atoms with van der Waals surface area (Å²) in [6.07, 6.45) is 1.01. The summed E-state index contributed by atoms with van der Waals surface area (Å²) in [7, 11) is 2.02. The molecule has 1 saturated heterocycles. The van der Waals surface area contributed by atoms with Crippen molar-refractivity contribution in [1.29, 1.82) is 0 Å². The van der Waals surface area contributed by atoms with E-state index in [0.717, 1.165) is 31.6 Å². The van der Waals surface area contributed by atoms with Gasteiger partial charge in [0.15, 0.2) is 0 Å². The van der Waals surface area contributed by atoms with E-state index in [4.69, 9.17) is 0 Å². The molecule has 1 heterocycles. The summed E-state index contributed by atoms with van der Waals surface area (Å²) < 4.78 is 13.2. The topological polar surface area (TPSA) is 75.5 Å². The second-order valence-corrected chi connectivity index (χ2v) is 5.05. The number of nitro groups is 1. The Morgan fingerprint density at radius 1 is 1.60 bits per heavy atom. The summed E-state index contributed by atoms with van der Waals surface area (Å²) in [5.74, 6) is -0.967. The SMILES string of the molecule is CN1CCC(CNC(=O)c2ccc(F)c([N+](=O)[O-])c2)C1. The van der Waals surface area contributed by atoms with Crippen molar-refractivity contribution in [1.82, 2.24) is 10.2 Å². The van der Waals surface area contributed by atoms with Gasteiger partial charge < -0.3 is 10.2 Å². The molecule has 0 radical (unpaired) electrons. The third-order valence-corrected chi connectivity index (χ3v) is 3.45. The van der Waals surface area contributed by atoms with Crippen molar-refractivity contribution in [2.45, 2.75) is 6.42 Å². The molecular weight excluding hydrogens is 265 g/mol. The van der Waals surface area contributed by atoms with Crippen LogP contribution in [0.3, 0.4) is 0 Å². The molecule has 1 aromatic rings. The number of amides is 1. The number of likely N-dealkylation sites (tertiary alicyclic amines) is 1. The number of hydrogen-bond acceptors (Lipinski definition) is 4. The summed E-state index contributed by atoms with van der Waals surface area (Å²) in [5.41, 5.74) is -0.581. The maximum atomic E-state index is 13.2. The van der Waals surface area contributed by atoms with E-state index in [0.29, 0.717) is 12.5 Å². The fourth-order valence-electron chi connectivity index (χ4n) is 2.33. The molecule has 0 aliphatic carbocycles. The Morgan fingerprint density at radius 3 is 2.95 bits per heavy atom. The standard InChI is InChI=1S/C13H16FN3O3/c1-16-5-4-9(8-16)7-15-13(18)10-2-3-11(14)12(6-10)17(19)20/h2-3,6,9H,4-5,7-8H2,1H3,(H,15,18). The number of benzene rings is 1. The highest BCUT2D eigenvalue weighted by Gasteiger charge is 2.21. The normalized spacial score (nSPS) is 19.0. The zero-order chi connectivity index (χ0) is 14.7. The van der Waals surface area contributed by atoms with E-state index in [2.05, 4.69) is 10.2 Å². The van der Waals surface area contributed by atoms with Crippen LogP contribution in [0.2, 0.25) is 0 Å². The van der Waals surface area contributed by atoms with Crippen LogP contribution in [0.1, 0.15) is 16.8 Å². The number of hydrogen-bond donors (Lipinski definition) is 1. The fourth-order valence-corrected chi connectivity index (χ4v) is 2.33. The molecule has 1 N–H and O–H groups in total. The van der Waals surface area contributed by atoms with Gasteiger partial charge in [-0.15, -0.1) is 0 Å². The summed E-state index contributed by atoms with van der Waals surface area (Å²) in [4.78, 5) is 23.9. The molecule has 1 amide bonds. The molecule has 6 nitrogen and oxygen atoms in total. The van der Waals surface area contributed by atoms with Gasteiger partial charge in [-0.3, -0.25) is 14.9 Å². The molecule has 0 aromatic heterocycles. The number of carbonyl (C=O) groups is 1. The van der Waals surface area contributed by atoms with Gasteiger partial charge in [0.2, 0.25) is 5.82 Å². The minimum atomic E-state index is -0.941. The monoisotopic (exact) mass is 281 g/mol. The Morgan fingerprint density at radius 2 is 2.35 bits per heavy atom. The maximum absolute atomic E-state index is 13.2. The minimum Gasteiger partial charge on any atom is -0.352 e. The molecule has 1 unspecified atom stereocenters. The van der Waals surface area contributed by atoms with Gasteiger partial charge in [-0.1, -0.05) is 0 Å². The molecule has 0 spiro atoms. The highest BCUT2D eigenvalue weighted by atomic mass is 19.1. The number of nitro benzene ring substituents is 1. The first-order chi connectivity index (χ1) is 9.47. The zero-order valence-corrected chi connectivity index (χ0v) is 11.1. The van der Waals surface area contributed by atoms with Crippen LogP contribution in [0.4, 0.5) is 10.1 Å². The van der Waals surface area contributed by atoms with E-state index in [1.165, 1.54) is 6.07 Å². The van der Waals surface area contributed by atoms with E-state index in [9.17, 15) is 19.3 Å². The molecule has 20 heavy (non-hydrogen) atoms. The van der Waals surface area contributed by atoms with Gasteiger partial charge in [-0.05, 0) is 38.1 Å². The Bertz CT molecular complexity index is 536. The number of halogens is 1. The molecule has 1 aliphatic heterocycles. The van der Waals surface area contributed by atoms with E-state index < -0.39 is 22.3 Å². The summed E-state index contributed by atoms with van der Waals surface area (Å²) in [6.45, 7) is 2.45. The molecular formula is C13H16FN3O3. The Kier molecular flexibility index (Phi) is 4.29. The average molecular weight is 281 g/mol. The predicted molar refractivity (Wildman–Crippen MR) is 71.0 cm³/mol. The van der Waals surface area contributed by atoms with Gasteiger partial charge in [0.05, 0.1) is 4.92 Å². The molecule has 0 bridgehead atoms. The third-order valence-electron chi connectivity index (χ3n) is 3.45. The first-order valence-corrected chi connectivity index (χ1v) is 6.38. The molecule has 2 rings (SSSR count). The molecule has 1 aliphatic rings. The first-order valence-electron chi connectivity index (χ1n) is 6.38. The van der Waals surface area contributed by atoms with Crippen molar-refractivity contribution < 1.29 is 14.1 Å².